The molecule has 18 nitrogen and oxygen atoms in total. The number of halogens is 2. The number of Topliss-reactive ketones (excluding diaryl/α,β-unsaturated/α-hetero) is 2. The van der Waals surface area contributed by atoms with Crippen LogP contribution in [0.3, 0.4) is 0 Å². The molecule has 0 spiro atoms. The minimum Gasteiger partial charge on any atom is -0.497 e. The maximum atomic E-state index is 12.8. The number of aromatic amines is 2. The van der Waals surface area contributed by atoms with E-state index in [2.05, 4.69) is 107 Å². The first-order valence-corrected chi connectivity index (χ1v) is 31.1. The molecule has 2 aromatic heterocycles. The first-order valence-electron chi connectivity index (χ1n) is 30.0. The van der Waals surface area contributed by atoms with Gasteiger partial charge in [-0.25, -0.2) is 9.97 Å². The highest BCUT2D eigenvalue weighted by Crippen LogP contribution is 2.37. The molecule has 3 aliphatic heterocycles. The lowest BCUT2D eigenvalue weighted by molar-refractivity contribution is -0.135. The number of nitrogens with one attached hydrogen (secondary N) is 3. The fourth-order valence-electron chi connectivity index (χ4n) is 11.5. The summed E-state index contributed by atoms with van der Waals surface area (Å²) in [4.78, 5) is 77.9. The van der Waals surface area contributed by atoms with E-state index < -0.39 is 0 Å². The van der Waals surface area contributed by atoms with Gasteiger partial charge in [-0.1, -0.05) is 76.6 Å². The van der Waals surface area contributed by atoms with E-state index in [-0.39, 0.29) is 29.4 Å². The molecule has 6 aromatic carbocycles. The molecule has 3 aliphatic rings. The second kappa shape index (κ2) is 32.6. The molecule has 0 radical (unpaired) electrons. The van der Waals surface area contributed by atoms with Gasteiger partial charge in [0.1, 0.15) is 68.5 Å². The van der Waals surface area contributed by atoms with Crippen molar-refractivity contribution in [3.8, 4) is 57.3 Å². The molecule has 0 atom stereocenters. The summed E-state index contributed by atoms with van der Waals surface area (Å²) in [6, 6.07) is 36.2. The summed E-state index contributed by atoms with van der Waals surface area (Å²) in [5.41, 5.74) is 8.65. The van der Waals surface area contributed by atoms with Crippen molar-refractivity contribution in [3.63, 3.8) is 0 Å². The van der Waals surface area contributed by atoms with E-state index in [1.807, 2.05) is 56.9 Å². The summed E-state index contributed by atoms with van der Waals surface area (Å²) >= 11 is 3.37. The van der Waals surface area contributed by atoms with Crippen LogP contribution in [0, 0.1) is 45.4 Å². The highest BCUT2D eigenvalue weighted by Gasteiger charge is 2.34. The molecule has 0 unspecified atom stereocenters. The number of ether oxygens (including phenoxy) is 6. The number of alkyl halides is 1. The van der Waals surface area contributed by atoms with Gasteiger partial charge in [0, 0.05) is 86.7 Å². The largest absolute Gasteiger partial charge is 0.497 e. The van der Waals surface area contributed by atoms with Gasteiger partial charge in [0.25, 0.3) is 11.1 Å². The summed E-state index contributed by atoms with van der Waals surface area (Å²) in [6.07, 6.45) is 2.40. The monoisotopic (exact) mass is 1310 g/mol. The SMILES string of the molecule is CC(=O)CC1CN(C(c2ccccc2)c2ccccc2)C1.CC(=O)CC1CNC1.COc1cc(OC)c2c(=O)[nH]c(-c3cc(C)c(OCCBr)c(C)c3)nc2c1.COc1cc(OC)c2c(=O)[nH]c(-c3cc(C)c(OCCC4CN(C(C)=O)C4)c(C)c3)nc2c1.Cl. The van der Waals surface area contributed by atoms with E-state index in [0.717, 1.165) is 102 Å². The lowest BCUT2D eigenvalue weighted by Gasteiger charge is -2.44. The highest BCUT2D eigenvalue weighted by atomic mass is 79.9. The third kappa shape index (κ3) is 17.6. The number of carbonyl (C=O) groups excluding carboxylic acids is 3. The quantitative estimate of drug-likeness (QED) is 0.0605. The summed E-state index contributed by atoms with van der Waals surface area (Å²) in [6.45, 7) is 19.8. The summed E-state index contributed by atoms with van der Waals surface area (Å²) < 4.78 is 33.2. The highest BCUT2D eigenvalue weighted by molar-refractivity contribution is 9.09. The Bertz CT molecular complexity index is 3800. The van der Waals surface area contributed by atoms with Crippen LogP contribution in [-0.4, -0.2) is 133 Å². The number of H-pyrrole nitrogens is 2. The van der Waals surface area contributed by atoms with Crippen LogP contribution in [0.5, 0.6) is 34.5 Å². The van der Waals surface area contributed by atoms with E-state index >= 15 is 0 Å². The van der Waals surface area contributed by atoms with Crippen LogP contribution in [-0.2, 0) is 14.4 Å². The molecule has 3 fully saturated rings. The molecule has 0 bridgehead atoms. The number of benzene rings is 6. The number of hydrogen-bond acceptors (Lipinski definition) is 15. The molecule has 3 saturated heterocycles. The van der Waals surface area contributed by atoms with Gasteiger partial charge in [-0.2, -0.15) is 0 Å². The molecule has 8 aromatic rings. The van der Waals surface area contributed by atoms with Crippen molar-refractivity contribution in [3.05, 3.63) is 163 Å². The van der Waals surface area contributed by atoms with Gasteiger partial charge in [0.05, 0.1) is 58.7 Å². The number of aromatic nitrogens is 4. The van der Waals surface area contributed by atoms with Gasteiger partial charge >= 0.3 is 0 Å². The summed E-state index contributed by atoms with van der Waals surface area (Å²) in [5, 5.41) is 4.66. The zero-order chi connectivity index (χ0) is 63.9. The second-order valence-electron chi connectivity index (χ2n) is 23.0. The van der Waals surface area contributed by atoms with E-state index in [0.29, 0.717) is 111 Å². The number of ketones is 2. The fourth-order valence-corrected chi connectivity index (χ4v) is 11.7. The molecule has 20 heteroatoms. The lowest BCUT2D eigenvalue weighted by Crippen LogP contribution is -2.49. The first kappa shape index (κ1) is 69.4. The Labute approximate surface area is 540 Å². The fraction of sp³-hybridized carbons (Fsp3) is 0.386. The second-order valence-corrected chi connectivity index (χ2v) is 23.8. The summed E-state index contributed by atoms with van der Waals surface area (Å²) in [7, 11) is 6.15. The Morgan fingerprint density at radius 3 is 1.34 bits per heavy atom. The Balaban J connectivity index is 0.000000183. The Kier molecular flexibility index (Phi) is 25.1. The van der Waals surface area contributed by atoms with Crippen molar-refractivity contribution >= 4 is 67.6 Å². The van der Waals surface area contributed by atoms with Crippen LogP contribution in [0.1, 0.15) is 79.5 Å². The molecular formula is C70H83BrClN7O11. The summed E-state index contributed by atoms with van der Waals surface area (Å²) in [5.74, 6) is 7.05. The van der Waals surface area contributed by atoms with E-state index in [1.54, 1.807) is 59.3 Å². The van der Waals surface area contributed by atoms with Crippen molar-refractivity contribution < 1.29 is 42.8 Å². The van der Waals surface area contributed by atoms with Crippen LogP contribution < -0.4 is 44.9 Å². The number of fused-ring (bicyclic) bond motifs is 2. The van der Waals surface area contributed by atoms with Gasteiger partial charge in [0.15, 0.2) is 0 Å². The van der Waals surface area contributed by atoms with E-state index in [1.165, 1.54) is 25.3 Å². The van der Waals surface area contributed by atoms with Gasteiger partial charge in [-0.3, -0.25) is 19.3 Å². The molecule has 1 amide bonds. The van der Waals surface area contributed by atoms with Crippen LogP contribution in [0.25, 0.3) is 44.6 Å². The molecule has 0 aliphatic carbocycles. The molecule has 3 N–H and O–H groups in total. The average Bonchev–Trinajstić information content (AvgIpc) is 0.849. The zero-order valence-electron chi connectivity index (χ0n) is 53.3. The minimum atomic E-state index is -0.273. The maximum Gasteiger partial charge on any atom is 0.262 e. The Morgan fingerprint density at radius 1 is 0.567 bits per heavy atom. The van der Waals surface area contributed by atoms with Gasteiger partial charge in [-0.05, 0) is 136 Å². The maximum absolute atomic E-state index is 12.8. The van der Waals surface area contributed by atoms with Crippen LogP contribution in [0.4, 0.5) is 0 Å². The average molecular weight is 1310 g/mol. The minimum absolute atomic E-state index is 0. The van der Waals surface area contributed by atoms with Gasteiger partial charge in [-0.15, -0.1) is 12.4 Å². The number of nitrogens with zero attached hydrogens (tertiary/aromatic N) is 4. The number of likely N-dealkylation sites (tertiary alicyclic amines) is 2. The van der Waals surface area contributed by atoms with Crippen molar-refractivity contribution in [2.45, 2.75) is 73.8 Å². The van der Waals surface area contributed by atoms with Crippen molar-refractivity contribution in [2.75, 3.05) is 86.3 Å². The number of aryl methyl sites for hydroxylation is 4. The van der Waals surface area contributed by atoms with Crippen molar-refractivity contribution in [1.82, 2.24) is 35.1 Å². The van der Waals surface area contributed by atoms with E-state index in [9.17, 15) is 24.0 Å². The van der Waals surface area contributed by atoms with Crippen LogP contribution in [0.15, 0.2) is 119 Å². The Hall–Kier alpha value is -8.10. The third-order valence-electron chi connectivity index (χ3n) is 16.0. The van der Waals surface area contributed by atoms with Crippen molar-refractivity contribution in [2.24, 2.45) is 17.8 Å². The number of hydrogen-bond donors (Lipinski definition) is 3. The van der Waals surface area contributed by atoms with Crippen molar-refractivity contribution in [1.29, 1.82) is 0 Å². The number of rotatable bonds is 20. The predicted molar refractivity (Wildman–Crippen MR) is 360 cm³/mol. The predicted octanol–water partition coefficient (Wildman–Crippen LogP) is 11.8. The van der Waals surface area contributed by atoms with E-state index in [4.69, 9.17) is 28.4 Å². The Morgan fingerprint density at radius 2 is 0.989 bits per heavy atom. The standard InChI is InChI=1S/C25H29N3O5.C20H21BrN2O4.C19H21NO.C6H11NO.ClH/c1-14-8-18(9-15(2)23(14)33-7-6-17-12-28(13-17)16(3)29)24-26-20-10-19(31-4)11-21(32-5)22(20)25(30)27-24;1-11-7-13(8-12(2)18(11)27-6-5-21)19-22-15-9-14(25-3)10-16(26-4)17(15)20(24)23-19;1-15(21)12-16-13-20(14-16)19(17-8-4-2-5-9-17)18-10-6-3-7-11-18;1-5(8)2-6-3-7-4-6;/h8-11,17H,6-7,12-13H2,1-5H3,(H,26,27,30);7-10H,5-6H2,1-4H3,(H,22,23,24);2-11,16,19H,12-14H2,1H3;6-7H,2-4H2,1H3;1H. The lowest BCUT2D eigenvalue weighted by atomic mass is 9.88. The molecule has 90 heavy (non-hydrogen) atoms. The topological polar surface area (TPSA) is 217 Å². The van der Waals surface area contributed by atoms with Crippen LogP contribution in [0.2, 0.25) is 0 Å². The third-order valence-corrected chi connectivity index (χ3v) is 16.3. The molecule has 0 saturated carbocycles. The number of methoxy groups -OCH3 is 4. The first-order chi connectivity index (χ1) is 42.8. The number of carbonyl (C=O) groups is 3. The van der Waals surface area contributed by atoms with Crippen LogP contribution >= 0.6 is 28.3 Å². The number of amides is 1. The molecule has 5 heterocycles. The normalized spacial score (nSPS) is 13.8. The van der Waals surface area contributed by atoms with Gasteiger partial charge in [0.2, 0.25) is 5.91 Å². The smallest absolute Gasteiger partial charge is 0.262 e. The van der Waals surface area contributed by atoms with Gasteiger partial charge < -0.3 is 58.2 Å². The molecular weight excluding hydrogens is 1230 g/mol. The molecule has 478 valence electrons. The molecule has 11 rings (SSSR count). The zero-order valence-corrected chi connectivity index (χ0v) is 55.7.